The number of nitrogens with zero attached hydrogens (tertiary/aromatic N) is 3. The van der Waals surface area contributed by atoms with Crippen LogP contribution in [0.25, 0.3) is 0 Å². The first-order valence-corrected chi connectivity index (χ1v) is 6.97. The first kappa shape index (κ1) is 15.6. The first-order chi connectivity index (χ1) is 9.97. The summed E-state index contributed by atoms with van der Waals surface area (Å²) >= 11 is 12.0. The predicted octanol–water partition coefficient (Wildman–Crippen LogP) is 3.80. The largest absolute Gasteiger partial charge is 0.461 e. The molecule has 0 saturated heterocycles. The Hall–Kier alpha value is -1.79. The second-order valence-electron chi connectivity index (χ2n) is 4.32. The van der Waals surface area contributed by atoms with Crippen LogP contribution < -0.4 is 14.8 Å². The maximum absolute atomic E-state index is 6.04. The van der Waals surface area contributed by atoms with Gasteiger partial charge >= 0.3 is 12.0 Å². The van der Waals surface area contributed by atoms with Crippen LogP contribution >= 0.6 is 23.2 Å². The SMILES string of the molecule is CNc1nc(Oc2cc(Cl)ccc2Cl)nc(OC(C)C)n1. The molecule has 1 heterocycles. The Kier molecular flexibility index (Phi) is 5.03. The summed E-state index contributed by atoms with van der Waals surface area (Å²) in [6, 6.07) is 5.10. The van der Waals surface area contributed by atoms with Crippen molar-refractivity contribution in [3.63, 3.8) is 0 Å². The van der Waals surface area contributed by atoms with Gasteiger partial charge in [-0.3, -0.25) is 0 Å². The molecule has 0 unspecified atom stereocenters. The summed E-state index contributed by atoms with van der Waals surface area (Å²) in [4.78, 5) is 12.2. The van der Waals surface area contributed by atoms with E-state index in [4.69, 9.17) is 32.7 Å². The number of rotatable bonds is 5. The Morgan fingerprint density at radius 2 is 1.81 bits per heavy atom. The fraction of sp³-hybridized carbons (Fsp3) is 0.308. The predicted molar refractivity (Wildman–Crippen MR) is 81.7 cm³/mol. The lowest BCUT2D eigenvalue weighted by Crippen LogP contribution is -2.11. The van der Waals surface area contributed by atoms with Crippen molar-refractivity contribution < 1.29 is 9.47 Å². The van der Waals surface area contributed by atoms with Crippen molar-refractivity contribution in [2.24, 2.45) is 0 Å². The van der Waals surface area contributed by atoms with E-state index < -0.39 is 0 Å². The van der Waals surface area contributed by atoms with Crippen LogP contribution in [0.5, 0.6) is 17.8 Å². The molecule has 2 rings (SSSR count). The van der Waals surface area contributed by atoms with Crippen LogP contribution in [0.4, 0.5) is 5.95 Å². The van der Waals surface area contributed by atoms with E-state index in [9.17, 15) is 0 Å². The molecule has 112 valence electrons. The van der Waals surface area contributed by atoms with Crippen LogP contribution in [-0.2, 0) is 0 Å². The van der Waals surface area contributed by atoms with Crippen molar-refractivity contribution in [2.75, 3.05) is 12.4 Å². The molecule has 0 saturated carbocycles. The second kappa shape index (κ2) is 6.78. The summed E-state index contributed by atoms with van der Waals surface area (Å²) in [6.45, 7) is 3.74. The molecule has 0 aliphatic heterocycles. The van der Waals surface area contributed by atoms with E-state index >= 15 is 0 Å². The number of hydrogen-bond acceptors (Lipinski definition) is 6. The molecule has 0 bridgehead atoms. The number of hydrogen-bond donors (Lipinski definition) is 1. The van der Waals surface area contributed by atoms with Gasteiger partial charge in [0.2, 0.25) is 5.95 Å². The highest BCUT2D eigenvalue weighted by Crippen LogP contribution is 2.31. The number of ether oxygens (including phenoxy) is 2. The monoisotopic (exact) mass is 328 g/mol. The van der Waals surface area contributed by atoms with E-state index in [2.05, 4.69) is 20.3 Å². The maximum Gasteiger partial charge on any atom is 0.330 e. The Balaban J connectivity index is 2.32. The standard InChI is InChI=1S/C13H14Cl2N4O2/c1-7(2)20-12-17-11(16-3)18-13(19-12)21-10-6-8(14)4-5-9(10)15/h4-7H,1-3H3,(H,16,17,18,19). The summed E-state index contributed by atoms with van der Waals surface area (Å²) in [7, 11) is 1.69. The van der Waals surface area contributed by atoms with Gasteiger partial charge in [-0.25, -0.2) is 0 Å². The normalized spacial score (nSPS) is 10.6. The Morgan fingerprint density at radius 3 is 2.48 bits per heavy atom. The quantitative estimate of drug-likeness (QED) is 0.900. The van der Waals surface area contributed by atoms with E-state index in [1.165, 1.54) is 0 Å². The minimum absolute atomic E-state index is 0.0640. The summed E-state index contributed by atoms with van der Waals surface area (Å²) in [5.41, 5.74) is 0. The van der Waals surface area contributed by atoms with Crippen LogP contribution in [0.2, 0.25) is 10.0 Å². The zero-order chi connectivity index (χ0) is 15.4. The smallest absolute Gasteiger partial charge is 0.330 e. The van der Waals surface area contributed by atoms with Gasteiger partial charge in [-0.15, -0.1) is 4.98 Å². The zero-order valence-electron chi connectivity index (χ0n) is 11.7. The molecule has 0 amide bonds. The van der Waals surface area contributed by atoms with Crippen molar-refractivity contribution in [1.82, 2.24) is 15.0 Å². The molecule has 21 heavy (non-hydrogen) atoms. The summed E-state index contributed by atoms with van der Waals surface area (Å²) in [6.07, 6.45) is -0.0697. The average Bonchev–Trinajstić information content (AvgIpc) is 2.42. The van der Waals surface area contributed by atoms with Crippen LogP contribution in [0.3, 0.4) is 0 Å². The zero-order valence-corrected chi connectivity index (χ0v) is 13.2. The van der Waals surface area contributed by atoms with Crippen molar-refractivity contribution in [2.45, 2.75) is 20.0 Å². The molecule has 0 atom stereocenters. The molecule has 1 aromatic heterocycles. The molecule has 0 radical (unpaired) electrons. The first-order valence-electron chi connectivity index (χ1n) is 6.21. The van der Waals surface area contributed by atoms with Crippen LogP contribution in [0, 0.1) is 0 Å². The lowest BCUT2D eigenvalue weighted by molar-refractivity contribution is 0.218. The van der Waals surface area contributed by atoms with E-state index in [1.807, 2.05) is 13.8 Å². The van der Waals surface area contributed by atoms with Gasteiger partial charge < -0.3 is 14.8 Å². The highest BCUT2D eigenvalue weighted by atomic mass is 35.5. The highest BCUT2D eigenvalue weighted by molar-refractivity contribution is 6.34. The van der Waals surface area contributed by atoms with E-state index in [0.29, 0.717) is 21.7 Å². The van der Waals surface area contributed by atoms with Crippen molar-refractivity contribution >= 4 is 29.2 Å². The molecule has 1 aromatic carbocycles. The average molecular weight is 329 g/mol. The molecule has 6 nitrogen and oxygen atoms in total. The van der Waals surface area contributed by atoms with E-state index in [1.54, 1.807) is 25.2 Å². The minimum atomic E-state index is -0.0697. The van der Waals surface area contributed by atoms with Crippen molar-refractivity contribution in [3.05, 3.63) is 28.2 Å². The molecule has 0 fully saturated rings. The molecule has 0 spiro atoms. The number of anilines is 1. The third kappa shape index (κ3) is 4.34. The lowest BCUT2D eigenvalue weighted by atomic mass is 10.3. The van der Waals surface area contributed by atoms with Crippen LogP contribution in [0.1, 0.15) is 13.8 Å². The van der Waals surface area contributed by atoms with Gasteiger partial charge in [0.05, 0.1) is 11.1 Å². The fourth-order valence-corrected chi connectivity index (χ4v) is 1.73. The van der Waals surface area contributed by atoms with Gasteiger partial charge in [0, 0.05) is 18.1 Å². The molecule has 0 aliphatic rings. The Bertz CT molecular complexity index is 638. The maximum atomic E-state index is 6.04. The van der Waals surface area contributed by atoms with Gasteiger partial charge in [0.25, 0.3) is 0 Å². The third-order valence-corrected chi connectivity index (χ3v) is 2.80. The van der Waals surface area contributed by atoms with Crippen LogP contribution in [0.15, 0.2) is 18.2 Å². The summed E-state index contributed by atoms with van der Waals surface area (Å²) < 4.78 is 11.0. The number of halogens is 2. The fourth-order valence-electron chi connectivity index (χ4n) is 1.41. The van der Waals surface area contributed by atoms with E-state index in [-0.39, 0.29) is 18.1 Å². The Labute approximate surface area is 132 Å². The van der Waals surface area contributed by atoms with Crippen molar-refractivity contribution in [3.8, 4) is 17.8 Å². The number of nitrogens with one attached hydrogen (secondary N) is 1. The molecular formula is C13H14Cl2N4O2. The van der Waals surface area contributed by atoms with E-state index in [0.717, 1.165) is 0 Å². The van der Waals surface area contributed by atoms with Gasteiger partial charge in [-0.1, -0.05) is 23.2 Å². The third-order valence-electron chi connectivity index (χ3n) is 2.25. The van der Waals surface area contributed by atoms with Gasteiger partial charge in [0.1, 0.15) is 0 Å². The summed E-state index contributed by atoms with van der Waals surface area (Å²) in [5, 5.41) is 3.71. The molecule has 8 heteroatoms. The molecular weight excluding hydrogens is 315 g/mol. The Morgan fingerprint density at radius 1 is 1.10 bits per heavy atom. The molecule has 1 N–H and O–H groups in total. The molecule has 2 aromatic rings. The van der Waals surface area contributed by atoms with Crippen molar-refractivity contribution in [1.29, 1.82) is 0 Å². The van der Waals surface area contributed by atoms with Gasteiger partial charge in [0.15, 0.2) is 5.75 Å². The van der Waals surface area contributed by atoms with Gasteiger partial charge in [-0.05, 0) is 26.0 Å². The lowest BCUT2D eigenvalue weighted by Gasteiger charge is -2.11. The van der Waals surface area contributed by atoms with Gasteiger partial charge in [-0.2, -0.15) is 9.97 Å². The number of aromatic nitrogens is 3. The number of benzene rings is 1. The summed E-state index contributed by atoms with van der Waals surface area (Å²) in [5.74, 6) is 0.682. The highest BCUT2D eigenvalue weighted by Gasteiger charge is 2.12. The van der Waals surface area contributed by atoms with Crippen LogP contribution in [-0.4, -0.2) is 28.1 Å². The molecule has 0 aliphatic carbocycles. The second-order valence-corrected chi connectivity index (χ2v) is 5.16. The topological polar surface area (TPSA) is 69.2 Å². The minimum Gasteiger partial charge on any atom is -0.461 e.